The zero-order chi connectivity index (χ0) is 16.4. The summed E-state index contributed by atoms with van der Waals surface area (Å²) in [6.45, 7) is 8.63. The first-order valence-electron chi connectivity index (χ1n) is 7.88. The minimum absolute atomic E-state index is 0.157. The molecule has 0 bridgehead atoms. The third kappa shape index (κ3) is 3.67. The molecule has 124 valence electrons. The normalized spacial score (nSPS) is 16.7. The lowest BCUT2D eigenvalue weighted by Gasteiger charge is -2.29. The molecule has 0 N–H and O–H groups in total. The Balaban J connectivity index is 1.82. The number of aromatic nitrogens is 2. The summed E-state index contributed by atoms with van der Waals surface area (Å²) in [6, 6.07) is 2.16. The Bertz CT molecular complexity index is 711. The fraction of sp³-hybridized carbons (Fsp3) is 0.562. The van der Waals surface area contributed by atoms with Crippen LogP contribution in [0.2, 0.25) is 0 Å². The van der Waals surface area contributed by atoms with E-state index in [0.29, 0.717) is 26.3 Å². The van der Waals surface area contributed by atoms with Crippen molar-refractivity contribution in [3.05, 3.63) is 16.8 Å². The highest BCUT2D eigenvalue weighted by molar-refractivity contribution is 8.00. The number of morpholine rings is 1. The minimum Gasteiger partial charge on any atom is -0.378 e. The number of nitrogens with zero attached hydrogens (tertiary/aromatic N) is 3. The van der Waals surface area contributed by atoms with Crippen LogP contribution < -0.4 is 0 Å². The van der Waals surface area contributed by atoms with Crippen molar-refractivity contribution < 1.29 is 9.53 Å². The Kier molecular flexibility index (Phi) is 5.18. The third-order valence-electron chi connectivity index (χ3n) is 3.83. The molecule has 0 aromatic carbocycles. The maximum absolute atomic E-state index is 12.6. The van der Waals surface area contributed by atoms with Crippen LogP contribution in [0.3, 0.4) is 0 Å². The molecule has 1 saturated heterocycles. The van der Waals surface area contributed by atoms with Gasteiger partial charge in [0.05, 0.1) is 18.5 Å². The quantitative estimate of drug-likeness (QED) is 0.626. The monoisotopic (exact) mass is 351 g/mol. The Labute approximate surface area is 144 Å². The van der Waals surface area contributed by atoms with Crippen molar-refractivity contribution in [1.82, 2.24) is 14.9 Å². The van der Waals surface area contributed by atoms with Gasteiger partial charge in [-0.3, -0.25) is 4.79 Å². The molecule has 1 fully saturated rings. The van der Waals surface area contributed by atoms with Crippen LogP contribution >= 0.6 is 23.1 Å². The van der Waals surface area contributed by atoms with E-state index in [1.54, 1.807) is 11.3 Å². The van der Waals surface area contributed by atoms with Crippen LogP contribution in [0.1, 0.15) is 24.5 Å². The van der Waals surface area contributed by atoms with E-state index in [1.807, 2.05) is 18.7 Å². The molecule has 0 radical (unpaired) electrons. The van der Waals surface area contributed by atoms with Gasteiger partial charge in [0, 0.05) is 23.4 Å². The van der Waals surface area contributed by atoms with Crippen molar-refractivity contribution in [2.24, 2.45) is 0 Å². The molecule has 1 aliphatic rings. The number of ether oxygens (including phenoxy) is 1. The van der Waals surface area contributed by atoms with Gasteiger partial charge in [-0.25, -0.2) is 9.97 Å². The van der Waals surface area contributed by atoms with Crippen molar-refractivity contribution in [3.63, 3.8) is 0 Å². The van der Waals surface area contributed by atoms with Crippen molar-refractivity contribution in [2.45, 2.75) is 37.5 Å². The molecule has 1 aliphatic heterocycles. The topological polar surface area (TPSA) is 55.3 Å². The highest BCUT2D eigenvalue weighted by Gasteiger charge is 2.24. The van der Waals surface area contributed by atoms with Gasteiger partial charge in [-0.2, -0.15) is 0 Å². The number of thiophene rings is 1. The summed E-state index contributed by atoms with van der Waals surface area (Å²) in [5.41, 5.74) is 0. The van der Waals surface area contributed by atoms with E-state index in [-0.39, 0.29) is 11.2 Å². The van der Waals surface area contributed by atoms with Gasteiger partial charge in [0.15, 0.2) is 0 Å². The molecular formula is C16H21N3O2S2. The lowest BCUT2D eigenvalue weighted by atomic mass is 10.3. The molecule has 1 atom stereocenters. The number of fused-ring (bicyclic) bond motifs is 1. The Morgan fingerprint density at radius 3 is 2.87 bits per heavy atom. The molecule has 3 heterocycles. The molecule has 0 saturated carbocycles. The number of amides is 1. The van der Waals surface area contributed by atoms with Crippen molar-refractivity contribution in [2.75, 3.05) is 26.3 Å². The Morgan fingerprint density at radius 1 is 1.43 bits per heavy atom. The molecule has 0 spiro atoms. The number of carbonyl (C=O) groups excluding carboxylic acids is 1. The summed E-state index contributed by atoms with van der Waals surface area (Å²) in [4.78, 5) is 25.9. The first-order valence-corrected chi connectivity index (χ1v) is 9.58. The molecular weight excluding hydrogens is 330 g/mol. The SMILES string of the molecule is CCc1cc2c(SC(C)C(=O)N3CCOCC3)nc(C)nc2s1. The van der Waals surface area contributed by atoms with E-state index in [1.165, 1.54) is 16.6 Å². The van der Waals surface area contributed by atoms with Crippen LogP contribution in [0.15, 0.2) is 11.1 Å². The third-order valence-corrected chi connectivity index (χ3v) is 6.09. The second kappa shape index (κ2) is 7.15. The summed E-state index contributed by atoms with van der Waals surface area (Å²) >= 11 is 3.25. The number of rotatable bonds is 4. The molecule has 1 unspecified atom stereocenters. The fourth-order valence-electron chi connectivity index (χ4n) is 2.57. The summed E-state index contributed by atoms with van der Waals surface area (Å²) < 4.78 is 5.32. The smallest absolute Gasteiger partial charge is 0.235 e. The van der Waals surface area contributed by atoms with E-state index in [0.717, 1.165) is 27.5 Å². The predicted molar refractivity (Wildman–Crippen MR) is 94.2 cm³/mol. The maximum Gasteiger partial charge on any atom is 0.235 e. The predicted octanol–water partition coefficient (Wildman–Crippen LogP) is 2.90. The number of hydrogen-bond acceptors (Lipinski definition) is 6. The van der Waals surface area contributed by atoms with Crippen LogP contribution in [-0.2, 0) is 16.0 Å². The number of carbonyl (C=O) groups is 1. The molecule has 23 heavy (non-hydrogen) atoms. The van der Waals surface area contributed by atoms with Gasteiger partial charge in [-0.15, -0.1) is 11.3 Å². The van der Waals surface area contributed by atoms with Gasteiger partial charge in [0.2, 0.25) is 5.91 Å². The summed E-state index contributed by atoms with van der Waals surface area (Å²) in [5.74, 6) is 0.921. The van der Waals surface area contributed by atoms with E-state index >= 15 is 0 Å². The van der Waals surface area contributed by atoms with Crippen LogP contribution in [0.5, 0.6) is 0 Å². The number of aryl methyl sites for hydroxylation is 2. The highest BCUT2D eigenvalue weighted by atomic mass is 32.2. The summed E-state index contributed by atoms with van der Waals surface area (Å²) in [7, 11) is 0. The zero-order valence-corrected chi connectivity index (χ0v) is 15.3. The first-order chi connectivity index (χ1) is 11.1. The van der Waals surface area contributed by atoms with Crippen molar-refractivity contribution in [3.8, 4) is 0 Å². The summed E-state index contributed by atoms with van der Waals surface area (Å²) in [5, 5.41) is 1.83. The minimum atomic E-state index is -0.157. The highest BCUT2D eigenvalue weighted by Crippen LogP contribution is 2.34. The van der Waals surface area contributed by atoms with Gasteiger partial charge in [0.1, 0.15) is 15.7 Å². The molecule has 5 nitrogen and oxygen atoms in total. The zero-order valence-electron chi connectivity index (χ0n) is 13.7. The van der Waals surface area contributed by atoms with Crippen LogP contribution in [0.4, 0.5) is 0 Å². The van der Waals surface area contributed by atoms with Gasteiger partial charge in [0.25, 0.3) is 0 Å². The summed E-state index contributed by atoms with van der Waals surface area (Å²) in [6.07, 6.45) is 0.993. The molecule has 2 aromatic heterocycles. The molecule has 1 amide bonds. The fourth-order valence-corrected chi connectivity index (χ4v) is 4.70. The Hall–Kier alpha value is -1.18. The van der Waals surface area contributed by atoms with Crippen LogP contribution in [-0.4, -0.2) is 52.3 Å². The largest absolute Gasteiger partial charge is 0.378 e. The Morgan fingerprint density at radius 2 is 2.17 bits per heavy atom. The average Bonchev–Trinajstić information content (AvgIpc) is 2.98. The van der Waals surface area contributed by atoms with Gasteiger partial charge < -0.3 is 9.64 Å². The van der Waals surface area contributed by atoms with Crippen LogP contribution in [0, 0.1) is 6.92 Å². The molecule has 0 aliphatic carbocycles. The van der Waals surface area contributed by atoms with Crippen molar-refractivity contribution in [1.29, 1.82) is 0 Å². The van der Waals surface area contributed by atoms with Gasteiger partial charge >= 0.3 is 0 Å². The second-order valence-corrected chi connectivity index (χ2v) is 8.00. The maximum atomic E-state index is 12.6. The molecule has 3 rings (SSSR count). The first kappa shape index (κ1) is 16.7. The standard InChI is InChI=1S/C16H21N3O2S2/c1-4-12-9-13-14(17-11(3)18-15(13)23-12)22-10(2)16(20)19-5-7-21-8-6-19/h9-10H,4-8H2,1-3H3. The number of hydrogen-bond donors (Lipinski definition) is 0. The van der Waals surface area contributed by atoms with Crippen molar-refractivity contribution >= 4 is 39.2 Å². The van der Waals surface area contributed by atoms with Crippen LogP contribution in [0.25, 0.3) is 10.2 Å². The molecule has 2 aromatic rings. The lowest BCUT2D eigenvalue weighted by molar-refractivity contribution is -0.134. The van der Waals surface area contributed by atoms with Gasteiger partial charge in [-0.1, -0.05) is 18.7 Å². The van der Waals surface area contributed by atoms with E-state index in [2.05, 4.69) is 23.0 Å². The number of thioether (sulfide) groups is 1. The second-order valence-electron chi connectivity index (χ2n) is 5.56. The average molecular weight is 351 g/mol. The van der Waals surface area contributed by atoms with E-state index < -0.39 is 0 Å². The molecule has 7 heteroatoms. The van der Waals surface area contributed by atoms with Gasteiger partial charge in [-0.05, 0) is 26.3 Å². The van der Waals surface area contributed by atoms with E-state index in [9.17, 15) is 4.79 Å². The lowest BCUT2D eigenvalue weighted by Crippen LogP contribution is -2.44. The van der Waals surface area contributed by atoms with E-state index in [4.69, 9.17) is 4.74 Å².